The molecule has 4 rings (SSSR count). The molecule has 0 radical (unpaired) electrons. The summed E-state index contributed by atoms with van der Waals surface area (Å²) in [6.45, 7) is 0.690. The van der Waals surface area contributed by atoms with Crippen molar-refractivity contribution >= 4 is 5.91 Å². The van der Waals surface area contributed by atoms with Gasteiger partial charge in [-0.25, -0.2) is 0 Å². The van der Waals surface area contributed by atoms with Crippen LogP contribution in [0.15, 0.2) is 28.8 Å². The van der Waals surface area contributed by atoms with Gasteiger partial charge in [0, 0.05) is 18.7 Å². The molecule has 1 aliphatic carbocycles. The van der Waals surface area contributed by atoms with Crippen LogP contribution in [-0.4, -0.2) is 43.5 Å². The molecule has 1 unspecified atom stereocenters. The highest BCUT2D eigenvalue weighted by Crippen LogP contribution is 2.40. The molecule has 150 valence electrons. The number of carbonyl (C=O) groups is 1. The van der Waals surface area contributed by atoms with Crippen molar-refractivity contribution in [3.05, 3.63) is 30.0 Å². The van der Waals surface area contributed by atoms with E-state index in [0.717, 1.165) is 25.7 Å². The van der Waals surface area contributed by atoms with E-state index in [1.807, 2.05) is 0 Å². The summed E-state index contributed by atoms with van der Waals surface area (Å²) in [5.74, 6) is 1.52. The minimum Gasteiger partial charge on any atom is -0.497 e. The number of rotatable bonds is 5. The molecule has 7 heteroatoms. The van der Waals surface area contributed by atoms with Gasteiger partial charge in [0.1, 0.15) is 11.5 Å². The van der Waals surface area contributed by atoms with E-state index in [9.17, 15) is 4.79 Å². The van der Waals surface area contributed by atoms with E-state index in [1.165, 1.54) is 12.8 Å². The van der Waals surface area contributed by atoms with Gasteiger partial charge >= 0.3 is 0 Å². The Morgan fingerprint density at radius 2 is 2.04 bits per heavy atom. The summed E-state index contributed by atoms with van der Waals surface area (Å²) < 4.78 is 22.1. The van der Waals surface area contributed by atoms with Crippen molar-refractivity contribution in [1.82, 2.24) is 10.5 Å². The molecule has 1 aliphatic heterocycles. The number of nitrogens with zero attached hydrogens (tertiary/aromatic N) is 1. The van der Waals surface area contributed by atoms with Crippen molar-refractivity contribution in [1.29, 1.82) is 0 Å². The van der Waals surface area contributed by atoms with Gasteiger partial charge in [0.15, 0.2) is 11.5 Å². The second-order valence-corrected chi connectivity index (χ2v) is 7.54. The number of carbonyl (C=O) groups excluding carboxylic acids is 1. The third kappa shape index (κ3) is 3.71. The second-order valence-electron chi connectivity index (χ2n) is 7.54. The first-order chi connectivity index (χ1) is 13.6. The Labute approximate surface area is 164 Å². The molecular formula is C21H26N2O5. The molecule has 28 heavy (non-hydrogen) atoms. The Kier molecular flexibility index (Phi) is 5.26. The van der Waals surface area contributed by atoms with Crippen molar-refractivity contribution in [2.75, 3.05) is 20.8 Å². The van der Waals surface area contributed by atoms with Gasteiger partial charge in [-0.1, -0.05) is 18.0 Å². The molecule has 0 bridgehead atoms. The monoisotopic (exact) mass is 386 g/mol. The van der Waals surface area contributed by atoms with Crippen molar-refractivity contribution in [3.8, 4) is 22.8 Å². The number of hydrogen-bond donors (Lipinski definition) is 1. The van der Waals surface area contributed by atoms with Crippen LogP contribution in [0.5, 0.6) is 11.5 Å². The summed E-state index contributed by atoms with van der Waals surface area (Å²) >= 11 is 0. The van der Waals surface area contributed by atoms with Crippen LogP contribution < -0.4 is 14.8 Å². The minimum atomic E-state index is -0.225. The Hall–Kier alpha value is -2.54. The number of benzene rings is 1. The number of amides is 1. The number of ether oxygens (including phenoxy) is 3. The van der Waals surface area contributed by atoms with Crippen LogP contribution >= 0.6 is 0 Å². The van der Waals surface area contributed by atoms with E-state index < -0.39 is 0 Å². The van der Waals surface area contributed by atoms with E-state index in [-0.39, 0.29) is 23.2 Å². The molecule has 7 nitrogen and oxygen atoms in total. The van der Waals surface area contributed by atoms with E-state index >= 15 is 0 Å². The summed E-state index contributed by atoms with van der Waals surface area (Å²) in [6, 6.07) is 7.13. The van der Waals surface area contributed by atoms with Gasteiger partial charge < -0.3 is 24.1 Å². The maximum Gasteiger partial charge on any atom is 0.273 e. The summed E-state index contributed by atoms with van der Waals surface area (Å²) in [4.78, 5) is 12.7. The Balaban J connectivity index is 1.48. The quantitative estimate of drug-likeness (QED) is 0.846. The summed E-state index contributed by atoms with van der Waals surface area (Å²) in [5.41, 5.74) is 0.898. The molecule has 1 atom stereocenters. The van der Waals surface area contributed by atoms with Crippen molar-refractivity contribution in [2.45, 2.75) is 50.2 Å². The lowest BCUT2D eigenvalue weighted by Crippen LogP contribution is -2.47. The summed E-state index contributed by atoms with van der Waals surface area (Å²) in [5, 5.41) is 7.07. The van der Waals surface area contributed by atoms with Crippen LogP contribution in [0, 0.1) is 0 Å². The van der Waals surface area contributed by atoms with Crippen LogP contribution in [0.3, 0.4) is 0 Å². The summed E-state index contributed by atoms with van der Waals surface area (Å²) in [6.07, 6.45) is 6.27. The molecule has 1 amide bonds. The van der Waals surface area contributed by atoms with Crippen LogP contribution in [-0.2, 0) is 4.74 Å². The van der Waals surface area contributed by atoms with E-state index in [0.29, 0.717) is 29.4 Å². The Bertz CT molecular complexity index is 841. The van der Waals surface area contributed by atoms with Gasteiger partial charge in [-0.15, -0.1) is 0 Å². The largest absolute Gasteiger partial charge is 0.497 e. The standard InChI is InChI=1S/C21H26N2O5/c1-25-15-5-6-18(26-2)16(11-15)19-12-17(23-28-19)20(24)22-14-7-10-27-21(13-14)8-3-4-9-21/h5-6,11-12,14H,3-4,7-10,13H2,1-2H3,(H,22,24). The Morgan fingerprint density at radius 3 is 2.79 bits per heavy atom. The molecule has 2 fully saturated rings. The molecule has 1 saturated carbocycles. The highest BCUT2D eigenvalue weighted by atomic mass is 16.5. The molecule has 1 N–H and O–H groups in total. The molecule has 1 aromatic carbocycles. The predicted molar refractivity (Wildman–Crippen MR) is 103 cm³/mol. The SMILES string of the molecule is COc1ccc(OC)c(-c2cc(C(=O)NC3CCOC4(CCCC4)C3)no2)c1. The highest BCUT2D eigenvalue weighted by Gasteiger charge is 2.40. The average Bonchev–Trinajstić information content (AvgIpc) is 3.38. The smallest absolute Gasteiger partial charge is 0.273 e. The van der Waals surface area contributed by atoms with Gasteiger partial charge in [0.25, 0.3) is 5.91 Å². The zero-order valence-electron chi connectivity index (χ0n) is 16.3. The zero-order valence-corrected chi connectivity index (χ0v) is 16.3. The zero-order chi connectivity index (χ0) is 19.6. The van der Waals surface area contributed by atoms with Gasteiger partial charge in [-0.05, 0) is 43.9 Å². The van der Waals surface area contributed by atoms with Crippen LogP contribution in [0.4, 0.5) is 0 Å². The predicted octanol–water partition coefficient (Wildman–Crippen LogP) is 3.58. The number of hydrogen-bond acceptors (Lipinski definition) is 6. The lowest BCUT2D eigenvalue weighted by Gasteiger charge is -2.38. The van der Waals surface area contributed by atoms with Crippen LogP contribution in [0.25, 0.3) is 11.3 Å². The fourth-order valence-corrected chi connectivity index (χ4v) is 4.29. The molecule has 2 aliphatic rings. The maximum atomic E-state index is 12.7. The third-order valence-corrected chi connectivity index (χ3v) is 5.76. The first kappa shape index (κ1) is 18.8. The van der Waals surface area contributed by atoms with Crippen molar-refractivity contribution in [2.24, 2.45) is 0 Å². The van der Waals surface area contributed by atoms with Crippen molar-refractivity contribution in [3.63, 3.8) is 0 Å². The lowest BCUT2D eigenvalue weighted by atomic mass is 9.89. The van der Waals surface area contributed by atoms with Gasteiger partial charge in [0.2, 0.25) is 0 Å². The highest BCUT2D eigenvalue weighted by molar-refractivity contribution is 5.93. The lowest BCUT2D eigenvalue weighted by molar-refractivity contribution is -0.0823. The average molecular weight is 386 g/mol. The number of aromatic nitrogens is 1. The molecule has 1 saturated heterocycles. The van der Waals surface area contributed by atoms with Gasteiger partial charge in [-0.2, -0.15) is 0 Å². The van der Waals surface area contributed by atoms with E-state index in [2.05, 4.69) is 10.5 Å². The summed E-state index contributed by atoms with van der Waals surface area (Å²) in [7, 11) is 3.18. The van der Waals surface area contributed by atoms with E-state index in [1.54, 1.807) is 38.5 Å². The van der Waals surface area contributed by atoms with Gasteiger partial charge in [-0.3, -0.25) is 4.79 Å². The van der Waals surface area contributed by atoms with Crippen LogP contribution in [0.1, 0.15) is 49.0 Å². The third-order valence-electron chi connectivity index (χ3n) is 5.76. The fourth-order valence-electron chi connectivity index (χ4n) is 4.29. The van der Waals surface area contributed by atoms with Crippen molar-refractivity contribution < 1.29 is 23.5 Å². The number of methoxy groups -OCH3 is 2. The normalized spacial score (nSPS) is 20.9. The van der Waals surface area contributed by atoms with Gasteiger partial charge in [0.05, 0.1) is 25.4 Å². The first-order valence-electron chi connectivity index (χ1n) is 9.76. The molecule has 1 aromatic heterocycles. The molecule has 1 spiro atoms. The Morgan fingerprint density at radius 1 is 1.21 bits per heavy atom. The first-order valence-corrected chi connectivity index (χ1v) is 9.76. The van der Waals surface area contributed by atoms with Crippen LogP contribution in [0.2, 0.25) is 0 Å². The maximum absolute atomic E-state index is 12.7. The number of nitrogens with one attached hydrogen (secondary N) is 1. The topological polar surface area (TPSA) is 82.8 Å². The second kappa shape index (κ2) is 7.83. The molecule has 2 heterocycles. The molecular weight excluding hydrogens is 360 g/mol. The van der Waals surface area contributed by atoms with E-state index in [4.69, 9.17) is 18.7 Å². The fraction of sp³-hybridized carbons (Fsp3) is 0.524. The minimum absolute atomic E-state index is 0.0425. The molecule has 2 aromatic rings.